The average molecular weight is 436 g/mol. The third-order valence-electron chi connectivity index (χ3n) is 5.13. The highest BCUT2D eigenvalue weighted by Crippen LogP contribution is 2.27. The Kier molecular flexibility index (Phi) is 7.02. The van der Waals surface area contributed by atoms with E-state index < -0.39 is 12.0 Å². The second-order valence-electron chi connectivity index (χ2n) is 7.59. The number of hydrogen-bond acceptors (Lipinski definition) is 5. The van der Waals surface area contributed by atoms with Crippen molar-refractivity contribution in [3.05, 3.63) is 81.2 Å². The summed E-state index contributed by atoms with van der Waals surface area (Å²) in [4.78, 5) is 37.2. The monoisotopic (exact) mass is 435 g/mol. The van der Waals surface area contributed by atoms with Gasteiger partial charge in [0.25, 0.3) is 5.91 Å². The van der Waals surface area contributed by atoms with Crippen LogP contribution in [0.4, 0.5) is 0 Å². The Balaban J connectivity index is 1.78. The largest absolute Gasteiger partial charge is 0.467 e. The third-order valence-corrected chi connectivity index (χ3v) is 6.13. The smallest absolute Gasteiger partial charge is 0.328 e. The molecule has 3 rings (SSSR count). The molecule has 0 spiro atoms. The van der Waals surface area contributed by atoms with E-state index in [-0.39, 0.29) is 5.91 Å². The molecule has 1 aromatic heterocycles. The van der Waals surface area contributed by atoms with Crippen LogP contribution in [0.25, 0.3) is 10.4 Å². The molecule has 1 N–H and O–H groups in total. The molecular formula is C25H25NO4S. The lowest BCUT2D eigenvalue weighted by Crippen LogP contribution is -2.43. The molecule has 0 aliphatic heterocycles. The fraction of sp³-hybridized carbons (Fsp3) is 0.240. The molecule has 3 aromatic rings. The van der Waals surface area contributed by atoms with Gasteiger partial charge in [-0.25, -0.2) is 4.79 Å². The van der Waals surface area contributed by atoms with Crippen LogP contribution in [0.3, 0.4) is 0 Å². The van der Waals surface area contributed by atoms with Crippen molar-refractivity contribution >= 4 is 29.5 Å². The summed E-state index contributed by atoms with van der Waals surface area (Å²) >= 11 is 1.50. The molecule has 0 aliphatic rings. The van der Waals surface area contributed by atoms with E-state index in [1.165, 1.54) is 18.4 Å². The molecule has 0 fully saturated rings. The SMILES string of the molecule is COC(=O)[C@H](Cc1ccc(-c2cc(C=O)cs2)cc1)NC(=O)c1c(C)cc(C)cc1C. The predicted octanol–water partition coefficient (Wildman–Crippen LogP) is 4.67. The highest BCUT2D eigenvalue weighted by Gasteiger charge is 2.24. The molecule has 2 aromatic carbocycles. The Morgan fingerprint density at radius 1 is 1.06 bits per heavy atom. The number of carbonyl (C=O) groups excluding carboxylic acids is 3. The number of aldehydes is 1. The first-order valence-corrected chi connectivity index (χ1v) is 10.8. The molecule has 160 valence electrons. The summed E-state index contributed by atoms with van der Waals surface area (Å²) < 4.78 is 4.92. The predicted molar refractivity (Wildman–Crippen MR) is 123 cm³/mol. The molecule has 0 aliphatic carbocycles. The molecule has 0 bridgehead atoms. The minimum atomic E-state index is -0.799. The van der Waals surface area contributed by atoms with Crippen LogP contribution in [0.15, 0.2) is 47.8 Å². The van der Waals surface area contributed by atoms with E-state index in [0.717, 1.165) is 39.0 Å². The molecule has 0 saturated heterocycles. The van der Waals surface area contributed by atoms with E-state index >= 15 is 0 Å². The van der Waals surface area contributed by atoms with Gasteiger partial charge in [-0.3, -0.25) is 9.59 Å². The molecule has 6 heteroatoms. The van der Waals surface area contributed by atoms with Gasteiger partial charge in [0.15, 0.2) is 6.29 Å². The van der Waals surface area contributed by atoms with Gasteiger partial charge in [0, 0.05) is 27.8 Å². The number of methoxy groups -OCH3 is 1. The fourth-order valence-corrected chi connectivity index (χ4v) is 4.57. The summed E-state index contributed by atoms with van der Waals surface area (Å²) in [5, 5.41) is 4.65. The fourth-order valence-electron chi connectivity index (χ4n) is 3.71. The van der Waals surface area contributed by atoms with Gasteiger partial charge in [-0.1, -0.05) is 42.0 Å². The number of hydrogen-bond donors (Lipinski definition) is 1. The lowest BCUT2D eigenvalue weighted by atomic mass is 9.98. The van der Waals surface area contributed by atoms with Crippen molar-refractivity contribution in [1.82, 2.24) is 5.32 Å². The maximum atomic E-state index is 12.9. The zero-order chi connectivity index (χ0) is 22.5. The number of ether oxygens (including phenoxy) is 1. The van der Waals surface area contributed by atoms with E-state index in [2.05, 4.69) is 5.32 Å². The molecular weight excluding hydrogens is 410 g/mol. The van der Waals surface area contributed by atoms with E-state index in [0.29, 0.717) is 17.5 Å². The molecule has 5 nitrogen and oxygen atoms in total. The van der Waals surface area contributed by atoms with Crippen LogP contribution in [-0.2, 0) is 16.0 Å². The third kappa shape index (κ3) is 5.27. The Hall–Kier alpha value is -3.25. The van der Waals surface area contributed by atoms with Crippen LogP contribution in [0.5, 0.6) is 0 Å². The van der Waals surface area contributed by atoms with Crippen LogP contribution < -0.4 is 5.32 Å². The lowest BCUT2D eigenvalue weighted by molar-refractivity contribution is -0.142. The van der Waals surface area contributed by atoms with Crippen molar-refractivity contribution in [3.63, 3.8) is 0 Å². The Morgan fingerprint density at radius 3 is 2.26 bits per heavy atom. The standard InChI is InChI=1S/C25H25NO4S/c1-15-9-16(2)23(17(3)10-15)24(28)26-21(25(29)30-4)11-18-5-7-20(8-6-18)22-12-19(13-27)14-31-22/h5-10,12-14,21H,11H2,1-4H3,(H,26,28)/t21-/m0/s1. The van der Waals surface area contributed by atoms with Gasteiger partial charge in [-0.15, -0.1) is 11.3 Å². The maximum Gasteiger partial charge on any atom is 0.328 e. The first-order valence-electron chi connectivity index (χ1n) is 9.92. The number of esters is 1. The van der Waals surface area contributed by atoms with Crippen molar-refractivity contribution in [2.24, 2.45) is 0 Å². The molecule has 1 heterocycles. The summed E-state index contributed by atoms with van der Waals surface area (Å²) in [6, 6.07) is 12.7. The van der Waals surface area contributed by atoms with Crippen LogP contribution >= 0.6 is 11.3 Å². The summed E-state index contributed by atoms with van der Waals surface area (Å²) in [5.41, 5.74) is 5.94. The first-order chi connectivity index (χ1) is 14.8. The van der Waals surface area contributed by atoms with E-state index in [4.69, 9.17) is 4.74 Å². The molecule has 0 radical (unpaired) electrons. The summed E-state index contributed by atoms with van der Waals surface area (Å²) in [5.74, 6) is -0.782. The Labute approximate surface area is 186 Å². The quantitative estimate of drug-likeness (QED) is 0.433. The van der Waals surface area contributed by atoms with Crippen LogP contribution in [0, 0.1) is 20.8 Å². The minimum Gasteiger partial charge on any atom is -0.467 e. The number of nitrogens with one attached hydrogen (secondary N) is 1. The summed E-state index contributed by atoms with van der Waals surface area (Å²) in [6.45, 7) is 5.77. The van der Waals surface area contributed by atoms with E-state index in [1.54, 1.807) is 0 Å². The van der Waals surface area contributed by atoms with E-state index in [9.17, 15) is 14.4 Å². The molecule has 0 saturated carbocycles. The second-order valence-corrected chi connectivity index (χ2v) is 8.50. The van der Waals surface area contributed by atoms with Crippen molar-refractivity contribution in [3.8, 4) is 10.4 Å². The number of aryl methyl sites for hydroxylation is 3. The van der Waals surface area contributed by atoms with Crippen molar-refractivity contribution in [2.45, 2.75) is 33.2 Å². The van der Waals surface area contributed by atoms with Crippen molar-refractivity contribution < 1.29 is 19.1 Å². The molecule has 0 unspecified atom stereocenters. The van der Waals surface area contributed by atoms with Gasteiger partial charge in [0.05, 0.1) is 7.11 Å². The summed E-state index contributed by atoms with van der Waals surface area (Å²) in [7, 11) is 1.31. The number of amides is 1. The normalized spacial score (nSPS) is 11.6. The Bertz CT molecular complexity index is 1090. The van der Waals surface area contributed by atoms with Gasteiger partial charge in [-0.05, 0) is 49.1 Å². The van der Waals surface area contributed by atoms with Gasteiger partial charge < -0.3 is 10.1 Å². The maximum absolute atomic E-state index is 12.9. The molecule has 31 heavy (non-hydrogen) atoms. The molecule has 1 amide bonds. The Morgan fingerprint density at radius 2 is 1.71 bits per heavy atom. The average Bonchev–Trinajstić information content (AvgIpc) is 3.21. The van der Waals surface area contributed by atoms with Gasteiger partial charge >= 0.3 is 5.97 Å². The number of carbonyl (C=O) groups is 3. The van der Waals surface area contributed by atoms with Crippen LogP contribution in [0.1, 0.15) is 43.0 Å². The van der Waals surface area contributed by atoms with E-state index in [1.807, 2.05) is 68.6 Å². The van der Waals surface area contributed by atoms with Gasteiger partial charge in [0.2, 0.25) is 0 Å². The van der Waals surface area contributed by atoms with Crippen LogP contribution in [0.2, 0.25) is 0 Å². The number of benzene rings is 2. The van der Waals surface area contributed by atoms with Crippen LogP contribution in [-0.4, -0.2) is 31.3 Å². The minimum absolute atomic E-state index is 0.290. The second kappa shape index (κ2) is 9.71. The zero-order valence-corrected chi connectivity index (χ0v) is 18.8. The summed E-state index contributed by atoms with van der Waals surface area (Å²) in [6.07, 6.45) is 1.14. The van der Waals surface area contributed by atoms with Crippen molar-refractivity contribution in [1.29, 1.82) is 0 Å². The number of rotatable bonds is 7. The van der Waals surface area contributed by atoms with Crippen molar-refractivity contribution in [2.75, 3.05) is 7.11 Å². The zero-order valence-electron chi connectivity index (χ0n) is 18.0. The van der Waals surface area contributed by atoms with Gasteiger partial charge in [0.1, 0.15) is 6.04 Å². The first kappa shape index (κ1) is 22.4. The highest BCUT2D eigenvalue weighted by molar-refractivity contribution is 7.13. The lowest BCUT2D eigenvalue weighted by Gasteiger charge is -2.19. The highest BCUT2D eigenvalue weighted by atomic mass is 32.1. The molecule has 1 atom stereocenters. The number of thiophene rings is 1. The topological polar surface area (TPSA) is 72.5 Å². The van der Waals surface area contributed by atoms with Gasteiger partial charge in [-0.2, -0.15) is 0 Å².